The number of allylic oxidation sites excluding steroid dienone is 1. The molecule has 0 heterocycles. The van der Waals surface area contributed by atoms with Crippen molar-refractivity contribution >= 4 is 5.70 Å². The van der Waals surface area contributed by atoms with Crippen LogP contribution >= 0.6 is 0 Å². The van der Waals surface area contributed by atoms with Gasteiger partial charge in [0.05, 0.1) is 5.70 Å². The molecule has 0 saturated carbocycles. The largest absolute Gasteiger partial charge is 0.411 e. The molecule has 0 unspecified atom stereocenters. The highest BCUT2D eigenvalue weighted by Crippen LogP contribution is 2.25. The van der Waals surface area contributed by atoms with Crippen LogP contribution in [0.15, 0.2) is 40.6 Å². The molecule has 1 aromatic carbocycles. The first-order valence-electron chi connectivity index (χ1n) is 4.59. The molecule has 0 N–H and O–H groups in total. The Morgan fingerprint density at radius 3 is 2.19 bits per heavy atom. The van der Waals surface area contributed by atoms with Crippen molar-refractivity contribution in [2.45, 2.75) is 13.1 Å². The topological polar surface area (TPSA) is 24.7 Å². The first kappa shape index (κ1) is 12.4. The average Bonchev–Trinajstić information content (AvgIpc) is 2.16. The molecule has 0 amide bonds. The SMILES string of the molecule is CN=N/C(=C\C(F)(F)F)c1ccc(C)cc1. The highest BCUT2D eigenvalue weighted by atomic mass is 19.4. The van der Waals surface area contributed by atoms with Crippen LogP contribution in [0.2, 0.25) is 0 Å². The Morgan fingerprint density at radius 2 is 1.75 bits per heavy atom. The molecule has 0 aliphatic carbocycles. The Balaban J connectivity index is 3.13. The molecule has 2 nitrogen and oxygen atoms in total. The predicted octanol–water partition coefficient (Wildman–Crippen LogP) is 3.98. The van der Waals surface area contributed by atoms with E-state index in [1.807, 2.05) is 6.92 Å². The fourth-order valence-corrected chi connectivity index (χ4v) is 1.16. The lowest BCUT2D eigenvalue weighted by molar-refractivity contribution is -0.0794. The van der Waals surface area contributed by atoms with Gasteiger partial charge in [0, 0.05) is 18.7 Å². The third-order valence-corrected chi connectivity index (χ3v) is 1.86. The van der Waals surface area contributed by atoms with E-state index in [4.69, 9.17) is 0 Å². The lowest BCUT2D eigenvalue weighted by Crippen LogP contribution is -2.02. The molecule has 0 aliphatic rings. The van der Waals surface area contributed by atoms with Crippen LogP contribution in [-0.4, -0.2) is 13.2 Å². The summed E-state index contributed by atoms with van der Waals surface area (Å²) in [6.45, 7) is 1.86. The maximum atomic E-state index is 12.2. The second kappa shape index (κ2) is 4.92. The minimum Gasteiger partial charge on any atom is -0.192 e. The van der Waals surface area contributed by atoms with Gasteiger partial charge in [-0.05, 0) is 6.92 Å². The lowest BCUT2D eigenvalue weighted by atomic mass is 10.1. The number of rotatable bonds is 2. The van der Waals surface area contributed by atoms with Gasteiger partial charge in [-0.2, -0.15) is 23.4 Å². The van der Waals surface area contributed by atoms with Crippen LogP contribution in [0, 0.1) is 6.92 Å². The molecule has 0 aromatic heterocycles. The molecule has 0 spiro atoms. The normalized spacial score (nSPS) is 13.4. The summed E-state index contributed by atoms with van der Waals surface area (Å²) in [6, 6.07) is 6.62. The van der Waals surface area contributed by atoms with Crippen molar-refractivity contribution in [2.75, 3.05) is 7.05 Å². The van der Waals surface area contributed by atoms with E-state index in [0.29, 0.717) is 5.56 Å². The molecule has 0 radical (unpaired) electrons. The molecular formula is C11H11F3N2. The van der Waals surface area contributed by atoms with Crippen LogP contribution < -0.4 is 0 Å². The molecule has 86 valence electrons. The van der Waals surface area contributed by atoms with E-state index in [9.17, 15) is 13.2 Å². The van der Waals surface area contributed by atoms with Crippen LogP contribution in [0.5, 0.6) is 0 Å². The number of hydrogen-bond donors (Lipinski definition) is 0. The van der Waals surface area contributed by atoms with Gasteiger partial charge < -0.3 is 0 Å². The summed E-state index contributed by atoms with van der Waals surface area (Å²) in [5.41, 5.74) is 1.19. The van der Waals surface area contributed by atoms with Crippen molar-refractivity contribution in [3.8, 4) is 0 Å². The molecule has 5 heteroatoms. The molecule has 1 rings (SSSR count). The first-order chi connectivity index (χ1) is 7.42. The van der Waals surface area contributed by atoms with Gasteiger partial charge in [-0.25, -0.2) is 0 Å². The number of alkyl halides is 3. The van der Waals surface area contributed by atoms with Crippen LogP contribution in [0.1, 0.15) is 11.1 Å². The molecule has 16 heavy (non-hydrogen) atoms. The maximum absolute atomic E-state index is 12.2. The van der Waals surface area contributed by atoms with Gasteiger partial charge >= 0.3 is 6.18 Å². The van der Waals surface area contributed by atoms with Crippen molar-refractivity contribution in [3.05, 3.63) is 41.5 Å². The summed E-state index contributed by atoms with van der Waals surface area (Å²) in [5, 5.41) is 6.85. The van der Waals surface area contributed by atoms with Crippen molar-refractivity contribution in [1.82, 2.24) is 0 Å². The number of azo groups is 1. The molecule has 1 aromatic rings. The molecule has 0 bridgehead atoms. The summed E-state index contributed by atoms with van der Waals surface area (Å²) in [5.74, 6) is 0. The molecule has 0 aliphatic heterocycles. The van der Waals surface area contributed by atoms with E-state index in [-0.39, 0.29) is 11.8 Å². The zero-order chi connectivity index (χ0) is 12.2. The average molecular weight is 228 g/mol. The number of hydrogen-bond acceptors (Lipinski definition) is 2. The van der Waals surface area contributed by atoms with Crippen LogP contribution in [-0.2, 0) is 0 Å². The molecule has 0 atom stereocenters. The Bertz CT molecular complexity index is 402. The van der Waals surface area contributed by atoms with Crippen molar-refractivity contribution in [2.24, 2.45) is 10.2 Å². The molecular weight excluding hydrogens is 217 g/mol. The number of benzene rings is 1. The number of nitrogens with zero attached hydrogens (tertiary/aromatic N) is 2. The van der Waals surface area contributed by atoms with Gasteiger partial charge in [0.1, 0.15) is 0 Å². The summed E-state index contributed by atoms with van der Waals surface area (Å²) < 4.78 is 36.6. The van der Waals surface area contributed by atoms with E-state index in [1.54, 1.807) is 24.3 Å². The summed E-state index contributed by atoms with van der Waals surface area (Å²) >= 11 is 0. The van der Waals surface area contributed by atoms with Crippen molar-refractivity contribution < 1.29 is 13.2 Å². The minimum atomic E-state index is -4.39. The zero-order valence-corrected chi connectivity index (χ0v) is 8.92. The van der Waals surface area contributed by atoms with E-state index in [1.165, 1.54) is 7.05 Å². The maximum Gasteiger partial charge on any atom is 0.411 e. The summed E-state index contributed by atoms with van der Waals surface area (Å²) in [4.78, 5) is 0. The Kier molecular flexibility index (Phi) is 3.82. The fraction of sp³-hybridized carbons (Fsp3) is 0.273. The van der Waals surface area contributed by atoms with E-state index in [2.05, 4.69) is 10.2 Å². The van der Waals surface area contributed by atoms with Gasteiger partial charge in [-0.15, -0.1) is 0 Å². The third-order valence-electron chi connectivity index (χ3n) is 1.86. The summed E-state index contributed by atoms with van der Waals surface area (Å²) in [7, 11) is 1.33. The summed E-state index contributed by atoms with van der Waals surface area (Å²) in [6.07, 6.45) is -4.25. The Hall–Kier alpha value is -1.65. The molecule has 0 saturated heterocycles. The van der Waals surface area contributed by atoms with Gasteiger partial charge in [0.25, 0.3) is 0 Å². The standard InChI is InChI=1S/C11H11F3N2/c1-8-3-5-9(6-4-8)10(16-15-2)7-11(12,13)14/h3-7H,1-2H3/b10-7-,16-15?. The molecule has 0 fully saturated rings. The van der Waals surface area contributed by atoms with Crippen LogP contribution in [0.3, 0.4) is 0 Å². The monoisotopic (exact) mass is 228 g/mol. The second-order valence-corrected chi connectivity index (χ2v) is 3.24. The Morgan fingerprint density at radius 1 is 1.19 bits per heavy atom. The number of halogens is 3. The highest BCUT2D eigenvalue weighted by molar-refractivity contribution is 5.64. The number of aryl methyl sites for hydroxylation is 1. The van der Waals surface area contributed by atoms with E-state index >= 15 is 0 Å². The second-order valence-electron chi connectivity index (χ2n) is 3.24. The highest BCUT2D eigenvalue weighted by Gasteiger charge is 2.25. The van der Waals surface area contributed by atoms with E-state index < -0.39 is 6.18 Å². The minimum absolute atomic E-state index is 0.144. The Labute approximate surface area is 91.5 Å². The lowest BCUT2D eigenvalue weighted by Gasteiger charge is -2.04. The smallest absolute Gasteiger partial charge is 0.192 e. The van der Waals surface area contributed by atoms with Gasteiger partial charge in [0.2, 0.25) is 0 Å². The zero-order valence-electron chi connectivity index (χ0n) is 8.92. The van der Waals surface area contributed by atoms with Crippen LogP contribution in [0.4, 0.5) is 13.2 Å². The first-order valence-corrected chi connectivity index (χ1v) is 4.59. The third kappa shape index (κ3) is 3.84. The van der Waals surface area contributed by atoms with Gasteiger partial charge in [0.15, 0.2) is 0 Å². The van der Waals surface area contributed by atoms with E-state index in [0.717, 1.165) is 5.56 Å². The van der Waals surface area contributed by atoms with Gasteiger partial charge in [-0.1, -0.05) is 29.8 Å². The predicted molar refractivity (Wildman–Crippen MR) is 56.0 cm³/mol. The van der Waals surface area contributed by atoms with Gasteiger partial charge in [-0.3, -0.25) is 0 Å². The fourth-order valence-electron chi connectivity index (χ4n) is 1.16. The van der Waals surface area contributed by atoms with Crippen molar-refractivity contribution in [1.29, 1.82) is 0 Å². The van der Waals surface area contributed by atoms with Crippen molar-refractivity contribution in [3.63, 3.8) is 0 Å². The van der Waals surface area contributed by atoms with Crippen LogP contribution in [0.25, 0.3) is 5.70 Å². The quantitative estimate of drug-likeness (QED) is 0.684.